The summed E-state index contributed by atoms with van der Waals surface area (Å²) in [5, 5.41) is 9.22. The number of carboxylic acid groups (broad SMARTS) is 1. The van der Waals surface area contributed by atoms with Gasteiger partial charge < -0.3 is 9.84 Å². The number of hydrogen-bond acceptors (Lipinski definition) is 2. The van der Waals surface area contributed by atoms with Gasteiger partial charge in [-0.05, 0) is 24.6 Å². The molecule has 5 heteroatoms. The van der Waals surface area contributed by atoms with Crippen molar-refractivity contribution in [2.75, 3.05) is 19.1 Å². The first-order valence-electron chi connectivity index (χ1n) is 4.28. The van der Waals surface area contributed by atoms with Crippen molar-refractivity contribution in [2.45, 2.75) is 6.92 Å². The van der Waals surface area contributed by atoms with E-state index in [9.17, 15) is 4.79 Å². The van der Waals surface area contributed by atoms with Crippen LogP contribution >= 0.6 is 11.6 Å². The number of amides is 1. The van der Waals surface area contributed by atoms with E-state index in [0.29, 0.717) is 16.5 Å². The minimum atomic E-state index is -1.03. The normalized spacial score (nSPS) is 9.87. The fourth-order valence-corrected chi connectivity index (χ4v) is 1.50. The van der Waals surface area contributed by atoms with Crippen molar-refractivity contribution < 1.29 is 14.6 Å². The second-order valence-corrected chi connectivity index (χ2v) is 3.52. The zero-order chi connectivity index (χ0) is 11.6. The average molecular weight is 230 g/mol. The van der Waals surface area contributed by atoms with Crippen molar-refractivity contribution >= 4 is 23.4 Å². The molecule has 0 bridgehead atoms. The van der Waals surface area contributed by atoms with E-state index in [2.05, 4.69) is 0 Å². The molecular weight excluding hydrogens is 218 g/mol. The highest BCUT2D eigenvalue weighted by Crippen LogP contribution is 2.32. The fourth-order valence-electron chi connectivity index (χ4n) is 1.27. The van der Waals surface area contributed by atoms with Gasteiger partial charge >= 0.3 is 6.09 Å². The molecule has 0 unspecified atom stereocenters. The predicted molar refractivity (Wildman–Crippen MR) is 59.2 cm³/mol. The zero-order valence-corrected chi connectivity index (χ0v) is 9.50. The quantitative estimate of drug-likeness (QED) is 0.848. The summed E-state index contributed by atoms with van der Waals surface area (Å²) in [6.07, 6.45) is -1.03. The molecule has 1 amide bonds. The Morgan fingerprint density at radius 2 is 2.13 bits per heavy atom. The second-order valence-electron chi connectivity index (χ2n) is 3.11. The molecule has 0 aromatic heterocycles. The molecular formula is C10H12ClNO3. The molecule has 0 spiro atoms. The van der Waals surface area contributed by atoms with E-state index < -0.39 is 6.09 Å². The Balaban J connectivity index is 3.21. The van der Waals surface area contributed by atoms with E-state index in [-0.39, 0.29) is 0 Å². The van der Waals surface area contributed by atoms with Crippen molar-refractivity contribution in [3.05, 3.63) is 22.7 Å². The molecule has 0 heterocycles. The van der Waals surface area contributed by atoms with Gasteiger partial charge in [0.2, 0.25) is 0 Å². The minimum absolute atomic E-state index is 0.395. The van der Waals surface area contributed by atoms with E-state index >= 15 is 0 Å². The van der Waals surface area contributed by atoms with Gasteiger partial charge in [0, 0.05) is 7.05 Å². The second kappa shape index (κ2) is 4.40. The molecule has 0 aliphatic rings. The molecule has 0 aliphatic carbocycles. The van der Waals surface area contributed by atoms with E-state index in [4.69, 9.17) is 21.4 Å². The monoisotopic (exact) mass is 229 g/mol. The Bertz CT molecular complexity index is 392. The lowest BCUT2D eigenvalue weighted by molar-refractivity contribution is 0.203. The van der Waals surface area contributed by atoms with Crippen LogP contribution in [0.3, 0.4) is 0 Å². The Morgan fingerprint density at radius 3 is 2.60 bits per heavy atom. The minimum Gasteiger partial charge on any atom is -0.495 e. The molecule has 0 saturated heterocycles. The fraction of sp³-hybridized carbons (Fsp3) is 0.300. The van der Waals surface area contributed by atoms with Gasteiger partial charge in [-0.3, -0.25) is 4.90 Å². The molecule has 0 fully saturated rings. The van der Waals surface area contributed by atoms with E-state index in [1.165, 1.54) is 14.2 Å². The lowest BCUT2D eigenvalue weighted by Crippen LogP contribution is -2.24. The van der Waals surface area contributed by atoms with Crippen LogP contribution in [0.5, 0.6) is 5.75 Å². The number of anilines is 1. The lowest BCUT2D eigenvalue weighted by Gasteiger charge is -2.17. The average Bonchev–Trinajstić information content (AvgIpc) is 2.19. The number of aryl methyl sites for hydroxylation is 1. The SMILES string of the molecule is COc1cc(C)c(N(C)C(=O)O)cc1Cl. The van der Waals surface area contributed by atoms with Crippen LogP contribution in [-0.2, 0) is 0 Å². The maximum atomic E-state index is 10.8. The molecule has 15 heavy (non-hydrogen) atoms. The predicted octanol–water partition coefficient (Wildman–Crippen LogP) is 2.77. The number of carbonyl (C=O) groups is 1. The highest BCUT2D eigenvalue weighted by molar-refractivity contribution is 6.32. The maximum absolute atomic E-state index is 10.8. The summed E-state index contributed by atoms with van der Waals surface area (Å²) in [5.41, 5.74) is 1.34. The summed E-state index contributed by atoms with van der Waals surface area (Å²) < 4.78 is 5.02. The van der Waals surface area contributed by atoms with Gasteiger partial charge in [0.1, 0.15) is 5.75 Å². The van der Waals surface area contributed by atoms with E-state index in [1.54, 1.807) is 19.1 Å². The summed E-state index contributed by atoms with van der Waals surface area (Å²) in [5.74, 6) is 0.539. The Labute approximate surface area is 93.0 Å². The van der Waals surface area contributed by atoms with Gasteiger partial charge in [-0.1, -0.05) is 11.6 Å². The summed E-state index contributed by atoms with van der Waals surface area (Å²) in [7, 11) is 2.98. The van der Waals surface area contributed by atoms with Gasteiger partial charge in [-0.25, -0.2) is 4.79 Å². The molecule has 82 valence electrons. The number of benzene rings is 1. The third-order valence-electron chi connectivity index (χ3n) is 2.12. The van der Waals surface area contributed by atoms with Gasteiger partial charge in [0.25, 0.3) is 0 Å². The highest BCUT2D eigenvalue weighted by Gasteiger charge is 2.14. The number of halogens is 1. The number of ether oxygens (including phenoxy) is 1. The first-order chi connectivity index (χ1) is 6.97. The molecule has 1 rings (SSSR count). The van der Waals surface area contributed by atoms with Crippen LogP contribution in [0.4, 0.5) is 10.5 Å². The van der Waals surface area contributed by atoms with Crippen LogP contribution in [0.15, 0.2) is 12.1 Å². The smallest absolute Gasteiger partial charge is 0.411 e. The molecule has 1 N–H and O–H groups in total. The van der Waals surface area contributed by atoms with Crippen molar-refractivity contribution in [3.8, 4) is 5.75 Å². The largest absolute Gasteiger partial charge is 0.495 e. The Kier molecular flexibility index (Phi) is 3.42. The summed E-state index contributed by atoms with van der Waals surface area (Å²) in [6.45, 7) is 1.80. The van der Waals surface area contributed by atoms with Crippen molar-refractivity contribution in [1.82, 2.24) is 0 Å². The Hall–Kier alpha value is -1.42. The Morgan fingerprint density at radius 1 is 1.53 bits per heavy atom. The van der Waals surface area contributed by atoms with E-state index in [0.717, 1.165) is 10.5 Å². The summed E-state index contributed by atoms with van der Waals surface area (Å²) >= 11 is 5.91. The van der Waals surface area contributed by atoms with Crippen LogP contribution in [0.2, 0.25) is 5.02 Å². The number of nitrogens with zero attached hydrogens (tertiary/aromatic N) is 1. The van der Waals surface area contributed by atoms with Crippen LogP contribution in [0.1, 0.15) is 5.56 Å². The van der Waals surface area contributed by atoms with Gasteiger partial charge in [-0.2, -0.15) is 0 Å². The van der Waals surface area contributed by atoms with Gasteiger partial charge in [0.15, 0.2) is 0 Å². The highest BCUT2D eigenvalue weighted by atomic mass is 35.5. The molecule has 1 aromatic carbocycles. The van der Waals surface area contributed by atoms with E-state index in [1.807, 2.05) is 0 Å². The summed E-state index contributed by atoms with van der Waals surface area (Å²) in [6, 6.07) is 3.28. The number of methoxy groups -OCH3 is 1. The number of rotatable bonds is 2. The van der Waals surface area contributed by atoms with Crippen LogP contribution < -0.4 is 9.64 Å². The lowest BCUT2D eigenvalue weighted by atomic mass is 10.2. The number of hydrogen-bond donors (Lipinski definition) is 1. The molecule has 0 aliphatic heterocycles. The van der Waals surface area contributed by atoms with Crippen LogP contribution in [0, 0.1) is 6.92 Å². The van der Waals surface area contributed by atoms with Crippen molar-refractivity contribution in [3.63, 3.8) is 0 Å². The molecule has 1 aromatic rings. The van der Waals surface area contributed by atoms with Crippen LogP contribution in [0.25, 0.3) is 0 Å². The first-order valence-corrected chi connectivity index (χ1v) is 4.66. The van der Waals surface area contributed by atoms with Gasteiger partial charge in [0.05, 0.1) is 17.8 Å². The van der Waals surface area contributed by atoms with Crippen molar-refractivity contribution in [2.24, 2.45) is 0 Å². The third-order valence-corrected chi connectivity index (χ3v) is 2.41. The third kappa shape index (κ3) is 2.33. The topological polar surface area (TPSA) is 49.8 Å². The molecule has 0 radical (unpaired) electrons. The van der Waals surface area contributed by atoms with Gasteiger partial charge in [-0.15, -0.1) is 0 Å². The summed E-state index contributed by atoms with van der Waals surface area (Å²) in [4.78, 5) is 11.9. The van der Waals surface area contributed by atoms with Crippen molar-refractivity contribution in [1.29, 1.82) is 0 Å². The molecule has 0 saturated carbocycles. The zero-order valence-electron chi connectivity index (χ0n) is 8.74. The molecule has 4 nitrogen and oxygen atoms in total. The van der Waals surface area contributed by atoms with Crippen LogP contribution in [-0.4, -0.2) is 25.4 Å². The molecule has 0 atom stereocenters. The first kappa shape index (κ1) is 11.7. The maximum Gasteiger partial charge on any atom is 0.411 e. The standard InChI is InChI=1S/C10H12ClNO3/c1-6-4-9(15-3)7(11)5-8(6)12(2)10(13)14/h4-5H,1-3H3,(H,13,14).